The number of carbonyl (C=O) groups excluding carboxylic acids is 1. The Morgan fingerprint density at radius 1 is 1.14 bits per heavy atom. The predicted octanol–water partition coefficient (Wildman–Crippen LogP) is 3.81. The van der Waals surface area contributed by atoms with Gasteiger partial charge in [0.2, 0.25) is 5.91 Å². The Bertz CT molecular complexity index is 839. The molecule has 0 aliphatic carbocycles. The summed E-state index contributed by atoms with van der Waals surface area (Å²) in [5.41, 5.74) is 2.42. The van der Waals surface area contributed by atoms with E-state index in [1.165, 1.54) is 0 Å². The Labute approximate surface area is 127 Å². The van der Waals surface area contributed by atoms with Gasteiger partial charge in [0.25, 0.3) is 0 Å². The van der Waals surface area contributed by atoms with E-state index >= 15 is 0 Å². The molecule has 106 valence electrons. The van der Waals surface area contributed by atoms with Gasteiger partial charge in [-0.3, -0.25) is 4.79 Å². The molecule has 0 fully saturated rings. The molecule has 0 unspecified atom stereocenters. The molecule has 0 atom stereocenters. The summed E-state index contributed by atoms with van der Waals surface area (Å²) in [5.74, 6) is -0.114. The highest BCUT2D eigenvalue weighted by Gasteiger charge is 2.08. The lowest BCUT2D eigenvalue weighted by Gasteiger charge is -2.08. The summed E-state index contributed by atoms with van der Waals surface area (Å²) in [7, 11) is 0. The monoisotopic (exact) mass is 298 g/mol. The Kier molecular flexibility index (Phi) is 3.58. The molecule has 21 heavy (non-hydrogen) atoms. The number of furan rings is 1. The Morgan fingerprint density at radius 3 is 2.71 bits per heavy atom. The number of fused-ring (bicyclic) bond motifs is 3. The number of thiocarbonyl (C=S) groups is 1. The zero-order valence-corrected chi connectivity index (χ0v) is 12.3. The number of nitrogens with one attached hydrogen (secondary N) is 2. The van der Waals surface area contributed by atoms with Crippen molar-refractivity contribution in [3.63, 3.8) is 0 Å². The molecule has 0 saturated heterocycles. The largest absolute Gasteiger partial charge is 0.456 e. The molecule has 1 aromatic heterocycles. The van der Waals surface area contributed by atoms with Gasteiger partial charge >= 0.3 is 0 Å². The van der Waals surface area contributed by atoms with Gasteiger partial charge < -0.3 is 15.1 Å². The van der Waals surface area contributed by atoms with Gasteiger partial charge in [-0.2, -0.15) is 0 Å². The van der Waals surface area contributed by atoms with Gasteiger partial charge in [-0.1, -0.05) is 25.1 Å². The Morgan fingerprint density at radius 2 is 1.90 bits per heavy atom. The van der Waals surface area contributed by atoms with Crippen LogP contribution in [0, 0.1) is 0 Å². The fourth-order valence-electron chi connectivity index (χ4n) is 2.18. The molecule has 0 spiro atoms. The highest BCUT2D eigenvalue weighted by atomic mass is 32.1. The van der Waals surface area contributed by atoms with Crippen molar-refractivity contribution in [2.75, 3.05) is 5.32 Å². The van der Waals surface area contributed by atoms with Crippen molar-refractivity contribution in [3.05, 3.63) is 42.5 Å². The van der Waals surface area contributed by atoms with E-state index in [1.807, 2.05) is 42.5 Å². The molecule has 0 saturated carbocycles. The number of para-hydroxylation sites is 1. The predicted molar refractivity (Wildman–Crippen MR) is 88.4 cm³/mol. The molecule has 2 N–H and O–H groups in total. The van der Waals surface area contributed by atoms with Gasteiger partial charge in [0.05, 0.1) is 0 Å². The third-order valence-electron chi connectivity index (χ3n) is 3.21. The number of rotatable bonds is 2. The number of hydrogen-bond donors (Lipinski definition) is 2. The van der Waals surface area contributed by atoms with Crippen LogP contribution < -0.4 is 10.6 Å². The first kappa shape index (κ1) is 13.6. The minimum atomic E-state index is -0.114. The zero-order chi connectivity index (χ0) is 14.8. The Hall–Kier alpha value is -2.40. The average Bonchev–Trinajstić information content (AvgIpc) is 2.84. The van der Waals surface area contributed by atoms with Gasteiger partial charge in [-0.15, -0.1) is 0 Å². The lowest BCUT2D eigenvalue weighted by molar-refractivity contribution is -0.119. The second-order valence-corrected chi connectivity index (χ2v) is 5.07. The Balaban J connectivity index is 1.89. The molecular formula is C16H14N2O2S. The molecule has 3 aromatic rings. The lowest BCUT2D eigenvalue weighted by atomic mass is 10.1. The first-order valence-corrected chi connectivity index (χ1v) is 7.10. The summed E-state index contributed by atoms with van der Waals surface area (Å²) in [4.78, 5) is 11.3. The molecule has 0 aliphatic heterocycles. The van der Waals surface area contributed by atoms with Gasteiger partial charge in [0.1, 0.15) is 11.2 Å². The SMILES string of the molecule is CCC(=O)NC(=S)Nc1ccc2c(c1)oc1ccccc12. The normalized spacial score (nSPS) is 10.7. The molecule has 2 aromatic carbocycles. The molecule has 1 amide bonds. The van der Waals surface area contributed by atoms with E-state index in [2.05, 4.69) is 10.6 Å². The zero-order valence-electron chi connectivity index (χ0n) is 11.5. The third-order valence-corrected chi connectivity index (χ3v) is 3.41. The number of hydrogen-bond acceptors (Lipinski definition) is 3. The van der Waals surface area contributed by atoms with E-state index in [0.29, 0.717) is 6.42 Å². The van der Waals surface area contributed by atoms with Crippen LogP contribution in [0.25, 0.3) is 21.9 Å². The topological polar surface area (TPSA) is 54.3 Å². The molecule has 0 aliphatic rings. The molecule has 1 heterocycles. The summed E-state index contributed by atoms with van der Waals surface area (Å²) in [6.07, 6.45) is 0.393. The van der Waals surface area contributed by atoms with E-state index in [0.717, 1.165) is 27.6 Å². The summed E-state index contributed by atoms with van der Waals surface area (Å²) in [6, 6.07) is 13.7. The van der Waals surface area contributed by atoms with E-state index < -0.39 is 0 Å². The number of anilines is 1. The second-order valence-electron chi connectivity index (χ2n) is 4.67. The maximum atomic E-state index is 11.3. The van der Waals surface area contributed by atoms with Crippen LogP contribution in [0.3, 0.4) is 0 Å². The number of benzene rings is 2. The fraction of sp³-hybridized carbons (Fsp3) is 0.125. The van der Waals surface area contributed by atoms with Gasteiger partial charge in [-0.25, -0.2) is 0 Å². The first-order chi connectivity index (χ1) is 10.2. The van der Waals surface area contributed by atoms with Gasteiger partial charge in [-0.05, 0) is 30.4 Å². The fourth-order valence-corrected chi connectivity index (χ4v) is 2.41. The highest BCUT2D eigenvalue weighted by molar-refractivity contribution is 7.80. The van der Waals surface area contributed by atoms with Crippen molar-refractivity contribution in [1.29, 1.82) is 0 Å². The highest BCUT2D eigenvalue weighted by Crippen LogP contribution is 2.30. The van der Waals surface area contributed by atoms with Crippen LogP contribution in [-0.4, -0.2) is 11.0 Å². The molecular weight excluding hydrogens is 284 g/mol. The van der Waals surface area contributed by atoms with Crippen LogP contribution in [0.5, 0.6) is 0 Å². The van der Waals surface area contributed by atoms with Gasteiger partial charge in [0, 0.05) is 28.9 Å². The van der Waals surface area contributed by atoms with E-state index in [1.54, 1.807) is 6.92 Å². The average molecular weight is 298 g/mol. The van der Waals surface area contributed by atoms with E-state index in [-0.39, 0.29) is 11.0 Å². The van der Waals surface area contributed by atoms with Crippen molar-refractivity contribution in [3.8, 4) is 0 Å². The standard InChI is InChI=1S/C16H14N2O2S/c1-2-15(19)18-16(21)17-10-7-8-12-11-5-3-4-6-13(11)20-14(12)9-10/h3-9H,2H2,1H3,(H2,17,18,19,21). The van der Waals surface area contributed by atoms with E-state index in [4.69, 9.17) is 16.6 Å². The maximum Gasteiger partial charge on any atom is 0.225 e. The lowest BCUT2D eigenvalue weighted by Crippen LogP contribution is -2.33. The van der Waals surface area contributed by atoms with Crippen molar-refractivity contribution >= 4 is 50.9 Å². The number of amides is 1. The van der Waals surface area contributed by atoms with Crippen LogP contribution in [0.15, 0.2) is 46.9 Å². The third kappa shape index (κ3) is 2.73. The van der Waals surface area contributed by atoms with Crippen molar-refractivity contribution in [2.24, 2.45) is 0 Å². The molecule has 0 radical (unpaired) electrons. The van der Waals surface area contributed by atoms with Crippen LogP contribution in [-0.2, 0) is 4.79 Å². The quantitative estimate of drug-likeness (QED) is 0.706. The van der Waals surface area contributed by atoms with Crippen molar-refractivity contribution in [2.45, 2.75) is 13.3 Å². The minimum Gasteiger partial charge on any atom is -0.456 e. The summed E-state index contributed by atoms with van der Waals surface area (Å²) in [5, 5.41) is 8.02. The first-order valence-electron chi connectivity index (χ1n) is 6.69. The smallest absolute Gasteiger partial charge is 0.225 e. The van der Waals surface area contributed by atoms with Gasteiger partial charge in [0.15, 0.2) is 5.11 Å². The van der Waals surface area contributed by atoms with E-state index in [9.17, 15) is 4.79 Å². The van der Waals surface area contributed by atoms with Crippen LogP contribution >= 0.6 is 12.2 Å². The van der Waals surface area contributed by atoms with Crippen molar-refractivity contribution < 1.29 is 9.21 Å². The summed E-state index contributed by atoms with van der Waals surface area (Å²) >= 11 is 5.09. The van der Waals surface area contributed by atoms with Crippen LogP contribution in [0.1, 0.15) is 13.3 Å². The second kappa shape index (κ2) is 5.54. The molecule has 5 heteroatoms. The maximum absolute atomic E-state index is 11.3. The summed E-state index contributed by atoms with van der Waals surface area (Å²) in [6.45, 7) is 1.78. The molecule has 4 nitrogen and oxygen atoms in total. The summed E-state index contributed by atoms with van der Waals surface area (Å²) < 4.78 is 5.81. The van der Waals surface area contributed by atoms with Crippen LogP contribution in [0.4, 0.5) is 5.69 Å². The molecule has 0 bridgehead atoms. The van der Waals surface area contributed by atoms with Crippen LogP contribution in [0.2, 0.25) is 0 Å². The van der Waals surface area contributed by atoms with Crippen molar-refractivity contribution in [1.82, 2.24) is 5.32 Å². The molecule has 3 rings (SSSR count). The minimum absolute atomic E-state index is 0.114. The number of carbonyl (C=O) groups is 1.